The average molecular weight is 235 g/mol. The number of carbonyl (C=O) groups is 1. The summed E-state index contributed by atoms with van der Waals surface area (Å²) in [5.74, 6) is 0.528. The van der Waals surface area contributed by atoms with Gasteiger partial charge in [0.05, 0.1) is 25.3 Å². The van der Waals surface area contributed by atoms with E-state index in [4.69, 9.17) is 4.74 Å². The van der Waals surface area contributed by atoms with E-state index in [0.29, 0.717) is 17.9 Å². The highest BCUT2D eigenvalue weighted by Gasteiger charge is 2.29. The Labute approximate surface area is 101 Å². The summed E-state index contributed by atoms with van der Waals surface area (Å²) < 4.78 is 5.18. The van der Waals surface area contributed by atoms with E-state index in [9.17, 15) is 9.90 Å². The maximum atomic E-state index is 12.3. The molecule has 0 saturated carbocycles. The fourth-order valence-electron chi connectivity index (χ4n) is 2.27. The second-order valence-corrected chi connectivity index (χ2v) is 4.18. The molecule has 1 aliphatic rings. The lowest BCUT2D eigenvalue weighted by molar-refractivity contribution is 0.0674. The summed E-state index contributed by atoms with van der Waals surface area (Å²) in [6, 6.07) is 7.14. The number of para-hydroxylation sites is 1. The van der Waals surface area contributed by atoms with Gasteiger partial charge in [-0.15, -0.1) is 0 Å². The van der Waals surface area contributed by atoms with Crippen LogP contribution in [0.2, 0.25) is 0 Å². The first kappa shape index (κ1) is 11.9. The molecular formula is C13H17NO3. The minimum Gasteiger partial charge on any atom is -0.496 e. The van der Waals surface area contributed by atoms with Crippen molar-refractivity contribution in [2.75, 3.05) is 20.3 Å². The quantitative estimate of drug-likeness (QED) is 0.859. The largest absolute Gasteiger partial charge is 0.496 e. The van der Waals surface area contributed by atoms with Gasteiger partial charge in [0.2, 0.25) is 0 Å². The molecule has 1 heterocycles. The summed E-state index contributed by atoms with van der Waals surface area (Å²) >= 11 is 0. The van der Waals surface area contributed by atoms with Crippen molar-refractivity contribution in [1.82, 2.24) is 4.90 Å². The van der Waals surface area contributed by atoms with Crippen LogP contribution in [-0.2, 0) is 0 Å². The molecule has 4 heteroatoms. The van der Waals surface area contributed by atoms with Crippen molar-refractivity contribution >= 4 is 5.91 Å². The Morgan fingerprint density at radius 2 is 2.29 bits per heavy atom. The maximum absolute atomic E-state index is 12.3. The minimum atomic E-state index is -0.0565. The van der Waals surface area contributed by atoms with Crippen LogP contribution >= 0.6 is 0 Å². The third-order valence-electron chi connectivity index (χ3n) is 3.19. The smallest absolute Gasteiger partial charge is 0.257 e. The van der Waals surface area contributed by atoms with E-state index < -0.39 is 0 Å². The molecule has 0 bridgehead atoms. The number of aliphatic hydroxyl groups excluding tert-OH is 1. The Balaban J connectivity index is 2.24. The first-order valence-corrected chi connectivity index (χ1v) is 5.82. The number of amides is 1. The zero-order chi connectivity index (χ0) is 12.3. The topological polar surface area (TPSA) is 49.8 Å². The maximum Gasteiger partial charge on any atom is 0.257 e. The summed E-state index contributed by atoms with van der Waals surface area (Å²) in [7, 11) is 1.56. The van der Waals surface area contributed by atoms with Crippen LogP contribution in [0.1, 0.15) is 23.2 Å². The van der Waals surface area contributed by atoms with Crippen LogP contribution in [0.5, 0.6) is 5.75 Å². The molecule has 92 valence electrons. The number of carbonyl (C=O) groups excluding carboxylic acids is 1. The molecule has 4 nitrogen and oxygen atoms in total. The van der Waals surface area contributed by atoms with Crippen molar-refractivity contribution in [2.45, 2.75) is 18.9 Å². The van der Waals surface area contributed by atoms with Gasteiger partial charge in [0.15, 0.2) is 0 Å². The van der Waals surface area contributed by atoms with Crippen molar-refractivity contribution in [3.05, 3.63) is 29.8 Å². The van der Waals surface area contributed by atoms with E-state index >= 15 is 0 Å². The van der Waals surface area contributed by atoms with Gasteiger partial charge in [0, 0.05) is 6.54 Å². The number of nitrogens with zero attached hydrogens (tertiary/aromatic N) is 1. The molecule has 1 fully saturated rings. The molecule has 1 aromatic rings. The van der Waals surface area contributed by atoms with Gasteiger partial charge >= 0.3 is 0 Å². The zero-order valence-electron chi connectivity index (χ0n) is 9.93. The predicted octanol–water partition coefficient (Wildman–Crippen LogP) is 1.29. The number of benzene rings is 1. The van der Waals surface area contributed by atoms with Gasteiger partial charge in [-0.25, -0.2) is 0 Å². The molecule has 2 rings (SSSR count). The summed E-state index contributed by atoms with van der Waals surface area (Å²) in [5, 5.41) is 9.23. The van der Waals surface area contributed by atoms with Crippen LogP contribution in [0.25, 0.3) is 0 Å². The molecule has 0 spiro atoms. The summed E-state index contributed by atoms with van der Waals surface area (Å²) in [6.07, 6.45) is 1.82. The van der Waals surface area contributed by atoms with Crippen molar-refractivity contribution in [3.63, 3.8) is 0 Å². The second kappa shape index (κ2) is 5.19. The Morgan fingerprint density at radius 1 is 1.53 bits per heavy atom. The van der Waals surface area contributed by atoms with Crippen LogP contribution in [0, 0.1) is 0 Å². The van der Waals surface area contributed by atoms with Gasteiger partial charge in [-0.2, -0.15) is 0 Å². The molecule has 1 aliphatic heterocycles. The standard InChI is InChI=1S/C13H17NO3/c1-17-12-7-3-2-6-11(12)13(16)14-8-4-5-10(14)9-15/h2-3,6-7,10,15H,4-5,8-9H2,1H3. The molecule has 0 aliphatic carbocycles. The van der Waals surface area contributed by atoms with Crippen LogP contribution in [0.15, 0.2) is 24.3 Å². The fraction of sp³-hybridized carbons (Fsp3) is 0.462. The van der Waals surface area contributed by atoms with E-state index in [-0.39, 0.29) is 18.6 Å². The molecule has 0 aromatic heterocycles. The molecule has 0 radical (unpaired) electrons. The molecule has 1 amide bonds. The SMILES string of the molecule is COc1ccccc1C(=O)N1CCCC1CO. The monoisotopic (exact) mass is 235 g/mol. The normalized spacial score (nSPS) is 19.4. The molecular weight excluding hydrogens is 218 g/mol. The van der Waals surface area contributed by atoms with Crippen LogP contribution in [0.4, 0.5) is 0 Å². The fourth-order valence-corrected chi connectivity index (χ4v) is 2.27. The predicted molar refractivity (Wildman–Crippen MR) is 64.1 cm³/mol. The molecule has 17 heavy (non-hydrogen) atoms. The zero-order valence-corrected chi connectivity index (χ0v) is 9.93. The molecule has 1 N–H and O–H groups in total. The van der Waals surface area contributed by atoms with Gasteiger partial charge in [-0.1, -0.05) is 12.1 Å². The summed E-state index contributed by atoms with van der Waals surface area (Å²) in [6.45, 7) is 0.739. The summed E-state index contributed by atoms with van der Waals surface area (Å²) in [4.78, 5) is 14.1. The van der Waals surface area contributed by atoms with E-state index in [1.165, 1.54) is 0 Å². The third-order valence-corrected chi connectivity index (χ3v) is 3.19. The summed E-state index contributed by atoms with van der Waals surface area (Å²) in [5.41, 5.74) is 0.565. The number of ether oxygens (including phenoxy) is 1. The second-order valence-electron chi connectivity index (χ2n) is 4.18. The van der Waals surface area contributed by atoms with Crippen molar-refractivity contribution in [1.29, 1.82) is 0 Å². The van der Waals surface area contributed by atoms with Crippen molar-refractivity contribution in [2.24, 2.45) is 0 Å². The number of aliphatic hydroxyl groups is 1. The van der Waals surface area contributed by atoms with Gasteiger partial charge in [0.25, 0.3) is 5.91 Å². The third kappa shape index (κ3) is 2.26. The van der Waals surface area contributed by atoms with Crippen LogP contribution in [-0.4, -0.2) is 42.2 Å². The van der Waals surface area contributed by atoms with Gasteiger partial charge in [-0.3, -0.25) is 4.79 Å². The Kier molecular flexibility index (Phi) is 3.64. The number of likely N-dealkylation sites (tertiary alicyclic amines) is 1. The number of hydrogen-bond acceptors (Lipinski definition) is 3. The van der Waals surface area contributed by atoms with Crippen LogP contribution in [0.3, 0.4) is 0 Å². The minimum absolute atomic E-state index is 0.0287. The molecule has 1 unspecified atom stereocenters. The van der Waals surface area contributed by atoms with Crippen LogP contribution < -0.4 is 4.74 Å². The van der Waals surface area contributed by atoms with Gasteiger partial charge < -0.3 is 14.7 Å². The highest BCUT2D eigenvalue weighted by molar-refractivity contribution is 5.97. The molecule has 1 saturated heterocycles. The van der Waals surface area contributed by atoms with E-state index in [0.717, 1.165) is 12.8 Å². The lowest BCUT2D eigenvalue weighted by atomic mass is 10.1. The molecule has 1 atom stereocenters. The lowest BCUT2D eigenvalue weighted by Gasteiger charge is -2.23. The number of hydrogen-bond donors (Lipinski definition) is 1. The highest BCUT2D eigenvalue weighted by atomic mass is 16.5. The lowest BCUT2D eigenvalue weighted by Crippen LogP contribution is -2.37. The van der Waals surface area contributed by atoms with Gasteiger partial charge in [0.1, 0.15) is 5.75 Å². The Hall–Kier alpha value is -1.55. The van der Waals surface area contributed by atoms with Crippen molar-refractivity contribution in [3.8, 4) is 5.75 Å². The van der Waals surface area contributed by atoms with E-state index in [1.54, 1.807) is 24.1 Å². The molecule has 1 aromatic carbocycles. The Bertz CT molecular complexity index is 405. The Morgan fingerprint density at radius 3 is 3.00 bits per heavy atom. The average Bonchev–Trinajstić information content (AvgIpc) is 2.86. The first-order chi connectivity index (χ1) is 8.27. The highest BCUT2D eigenvalue weighted by Crippen LogP contribution is 2.24. The van der Waals surface area contributed by atoms with Gasteiger partial charge in [-0.05, 0) is 25.0 Å². The van der Waals surface area contributed by atoms with Crippen molar-refractivity contribution < 1.29 is 14.6 Å². The van der Waals surface area contributed by atoms with E-state index in [1.807, 2.05) is 12.1 Å². The number of methoxy groups -OCH3 is 1. The van der Waals surface area contributed by atoms with E-state index in [2.05, 4.69) is 0 Å². The first-order valence-electron chi connectivity index (χ1n) is 5.82. The number of rotatable bonds is 3.